The van der Waals surface area contributed by atoms with Gasteiger partial charge < -0.3 is 10.1 Å². The highest BCUT2D eigenvalue weighted by Gasteiger charge is 2.08. The number of ether oxygens (including phenoxy) is 1. The van der Waals surface area contributed by atoms with Crippen LogP contribution in [0.2, 0.25) is 0 Å². The average Bonchev–Trinajstić information content (AvgIpc) is 1.97. The molecule has 0 bridgehead atoms. The van der Waals surface area contributed by atoms with Gasteiger partial charge in [0, 0.05) is 12.6 Å². The highest BCUT2D eigenvalue weighted by Crippen LogP contribution is 2.01. The predicted octanol–water partition coefficient (Wildman–Crippen LogP) is 2.19. The Morgan fingerprint density at radius 2 is 1.75 bits per heavy atom. The summed E-state index contributed by atoms with van der Waals surface area (Å²) in [6.45, 7) is 11.6. The van der Waals surface area contributed by atoms with Gasteiger partial charge in [-0.3, -0.25) is 0 Å². The summed E-state index contributed by atoms with van der Waals surface area (Å²) in [6.07, 6.45) is 1.79. The standard InChI is InChI=1S/C10H23NO/c1-6-10(12-9(4)5)7-11-8(2)3/h8-11H,6-7H2,1-5H3. The van der Waals surface area contributed by atoms with Gasteiger partial charge >= 0.3 is 0 Å². The van der Waals surface area contributed by atoms with E-state index in [1.807, 2.05) is 0 Å². The van der Waals surface area contributed by atoms with Crippen LogP contribution in [-0.2, 0) is 4.74 Å². The molecule has 74 valence electrons. The second-order valence-electron chi connectivity index (χ2n) is 3.78. The van der Waals surface area contributed by atoms with Crippen LogP contribution in [0.3, 0.4) is 0 Å². The van der Waals surface area contributed by atoms with E-state index < -0.39 is 0 Å². The van der Waals surface area contributed by atoms with Crippen molar-refractivity contribution in [3.63, 3.8) is 0 Å². The Labute approximate surface area is 76.7 Å². The zero-order valence-electron chi connectivity index (χ0n) is 9.05. The maximum atomic E-state index is 5.69. The summed E-state index contributed by atoms with van der Waals surface area (Å²) in [7, 11) is 0. The van der Waals surface area contributed by atoms with Crippen LogP contribution in [0.5, 0.6) is 0 Å². The van der Waals surface area contributed by atoms with Crippen LogP contribution in [0.1, 0.15) is 41.0 Å². The Kier molecular flexibility index (Phi) is 6.39. The minimum Gasteiger partial charge on any atom is -0.374 e. The van der Waals surface area contributed by atoms with Crippen LogP contribution in [0, 0.1) is 0 Å². The van der Waals surface area contributed by atoms with Gasteiger partial charge in [0.05, 0.1) is 12.2 Å². The molecule has 1 unspecified atom stereocenters. The van der Waals surface area contributed by atoms with Crippen molar-refractivity contribution in [2.45, 2.75) is 59.3 Å². The molecule has 0 aliphatic rings. The molecule has 0 spiro atoms. The van der Waals surface area contributed by atoms with Gasteiger partial charge in [0.15, 0.2) is 0 Å². The average molecular weight is 173 g/mol. The van der Waals surface area contributed by atoms with Gasteiger partial charge in [-0.25, -0.2) is 0 Å². The van der Waals surface area contributed by atoms with Crippen LogP contribution in [0.4, 0.5) is 0 Å². The lowest BCUT2D eigenvalue weighted by Gasteiger charge is -2.20. The fraction of sp³-hybridized carbons (Fsp3) is 1.00. The number of hydrogen-bond donors (Lipinski definition) is 1. The molecule has 0 fully saturated rings. The summed E-state index contributed by atoms with van der Waals surface area (Å²) < 4.78 is 5.69. The van der Waals surface area contributed by atoms with Crippen molar-refractivity contribution in [2.75, 3.05) is 6.54 Å². The molecule has 0 aromatic rings. The summed E-state index contributed by atoms with van der Waals surface area (Å²) in [5.74, 6) is 0. The van der Waals surface area contributed by atoms with Gasteiger partial charge in [-0.05, 0) is 20.3 Å². The van der Waals surface area contributed by atoms with Gasteiger partial charge in [0.25, 0.3) is 0 Å². The Hall–Kier alpha value is -0.0800. The number of nitrogens with one attached hydrogen (secondary N) is 1. The molecule has 1 atom stereocenters. The van der Waals surface area contributed by atoms with Gasteiger partial charge in [0.2, 0.25) is 0 Å². The Bertz CT molecular complexity index is 102. The first kappa shape index (κ1) is 11.9. The molecule has 0 amide bonds. The van der Waals surface area contributed by atoms with Crippen LogP contribution >= 0.6 is 0 Å². The first-order valence-electron chi connectivity index (χ1n) is 4.95. The van der Waals surface area contributed by atoms with Crippen molar-refractivity contribution in [1.29, 1.82) is 0 Å². The van der Waals surface area contributed by atoms with Gasteiger partial charge in [-0.2, -0.15) is 0 Å². The largest absolute Gasteiger partial charge is 0.374 e. The predicted molar refractivity (Wildman–Crippen MR) is 53.4 cm³/mol. The lowest BCUT2D eigenvalue weighted by Crippen LogP contribution is -2.34. The Morgan fingerprint density at radius 3 is 2.08 bits per heavy atom. The van der Waals surface area contributed by atoms with Gasteiger partial charge in [-0.1, -0.05) is 20.8 Å². The summed E-state index contributed by atoms with van der Waals surface area (Å²) in [5.41, 5.74) is 0. The summed E-state index contributed by atoms with van der Waals surface area (Å²) in [5, 5.41) is 3.38. The van der Waals surface area contributed by atoms with Crippen LogP contribution in [0.25, 0.3) is 0 Å². The molecule has 1 N–H and O–H groups in total. The van der Waals surface area contributed by atoms with Gasteiger partial charge in [0.1, 0.15) is 0 Å². The zero-order chi connectivity index (χ0) is 9.56. The molecule has 0 aromatic carbocycles. The minimum atomic E-state index is 0.337. The molecule has 2 heteroatoms. The van der Waals surface area contributed by atoms with E-state index in [2.05, 4.69) is 39.9 Å². The van der Waals surface area contributed by atoms with E-state index in [-0.39, 0.29) is 0 Å². The summed E-state index contributed by atoms with van der Waals surface area (Å²) in [6, 6.07) is 0.551. The fourth-order valence-electron chi connectivity index (χ4n) is 1.04. The third-order valence-electron chi connectivity index (χ3n) is 1.67. The van der Waals surface area contributed by atoms with Crippen molar-refractivity contribution in [3.8, 4) is 0 Å². The van der Waals surface area contributed by atoms with Crippen LogP contribution in [-0.4, -0.2) is 24.8 Å². The maximum absolute atomic E-state index is 5.69. The molecule has 0 heterocycles. The first-order valence-corrected chi connectivity index (χ1v) is 4.95. The molecule has 0 saturated carbocycles. The van der Waals surface area contributed by atoms with E-state index in [4.69, 9.17) is 4.74 Å². The van der Waals surface area contributed by atoms with Crippen molar-refractivity contribution in [2.24, 2.45) is 0 Å². The first-order chi connectivity index (χ1) is 5.56. The molecule has 0 aliphatic carbocycles. The van der Waals surface area contributed by atoms with E-state index in [9.17, 15) is 0 Å². The van der Waals surface area contributed by atoms with Crippen molar-refractivity contribution < 1.29 is 4.74 Å². The van der Waals surface area contributed by atoms with Crippen molar-refractivity contribution >= 4 is 0 Å². The molecule has 0 aromatic heterocycles. The van der Waals surface area contributed by atoms with Crippen molar-refractivity contribution in [3.05, 3.63) is 0 Å². The topological polar surface area (TPSA) is 21.3 Å². The Balaban J connectivity index is 3.53. The van der Waals surface area contributed by atoms with E-state index in [0.717, 1.165) is 13.0 Å². The highest BCUT2D eigenvalue weighted by atomic mass is 16.5. The minimum absolute atomic E-state index is 0.337. The maximum Gasteiger partial charge on any atom is 0.0700 e. The molecule has 0 radical (unpaired) electrons. The SMILES string of the molecule is CCC(CNC(C)C)OC(C)C. The Morgan fingerprint density at radius 1 is 1.17 bits per heavy atom. The van der Waals surface area contributed by atoms with E-state index in [1.54, 1.807) is 0 Å². The smallest absolute Gasteiger partial charge is 0.0700 e. The van der Waals surface area contributed by atoms with Crippen LogP contribution < -0.4 is 5.32 Å². The summed E-state index contributed by atoms with van der Waals surface area (Å²) in [4.78, 5) is 0. The molecular weight excluding hydrogens is 150 g/mol. The molecule has 12 heavy (non-hydrogen) atoms. The molecule has 2 nitrogen and oxygen atoms in total. The molecule has 0 saturated heterocycles. The molecule has 0 aliphatic heterocycles. The highest BCUT2D eigenvalue weighted by molar-refractivity contribution is 4.63. The quantitative estimate of drug-likeness (QED) is 0.665. The van der Waals surface area contributed by atoms with E-state index in [1.165, 1.54) is 0 Å². The van der Waals surface area contributed by atoms with Crippen LogP contribution in [0.15, 0.2) is 0 Å². The lowest BCUT2D eigenvalue weighted by atomic mass is 10.2. The molecule has 0 rings (SSSR count). The summed E-state index contributed by atoms with van der Waals surface area (Å²) >= 11 is 0. The molecular formula is C10H23NO. The number of hydrogen-bond acceptors (Lipinski definition) is 2. The second-order valence-corrected chi connectivity index (χ2v) is 3.78. The fourth-order valence-corrected chi connectivity index (χ4v) is 1.04. The van der Waals surface area contributed by atoms with Gasteiger partial charge in [-0.15, -0.1) is 0 Å². The van der Waals surface area contributed by atoms with E-state index in [0.29, 0.717) is 18.2 Å². The third kappa shape index (κ3) is 6.62. The zero-order valence-corrected chi connectivity index (χ0v) is 9.05. The lowest BCUT2D eigenvalue weighted by molar-refractivity contribution is 0.00577. The monoisotopic (exact) mass is 173 g/mol. The van der Waals surface area contributed by atoms with E-state index >= 15 is 0 Å². The second kappa shape index (κ2) is 6.44. The normalized spacial score (nSPS) is 14.2. The van der Waals surface area contributed by atoms with Crippen molar-refractivity contribution in [1.82, 2.24) is 5.32 Å². The number of rotatable bonds is 6. The third-order valence-corrected chi connectivity index (χ3v) is 1.67.